The van der Waals surface area contributed by atoms with Crippen LogP contribution >= 0.6 is 0 Å². The van der Waals surface area contributed by atoms with E-state index in [-0.39, 0.29) is 12.8 Å². The van der Waals surface area contributed by atoms with Crippen molar-refractivity contribution in [3.63, 3.8) is 0 Å². The van der Waals surface area contributed by atoms with Crippen LogP contribution in [0.15, 0.2) is 30.3 Å². The lowest BCUT2D eigenvalue weighted by Gasteiger charge is -2.08. The van der Waals surface area contributed by atoms with Gasteiger partial charge in [-0.1, -0.05) is 30.3 Å². The summed E-state index contributed by atoms with van der Waals surface area (Å²) in [5.41, 5.74) is -1.36. The first-order valence-electron chi connectivity index (χ1n) is 5.12. The number of alkyl halides is 4. The molecule has 2 rings (SSSR count). The third kappa shape index (κ3) is 1.28. The molecule has 1 aliphatic carbocycles. The van der Waals surface area contributed by atoms with Crippen molar-refractivity contribution in [2.24, 2.45) is 5.41 Å². The molecule has 0 unspecified atom stereocenters. The standard InChI is InChI=1S/C12H12F4/c1-10(11(13,14)12(10,15)16)8-7-9-5-3-2-4-6-9/h2-6H,7-8H2,1H3. The van der Waals surface area contributed by atoms with E-state index in [9.17, 15) is 17.6 Å². The van der Waals surface area contributed by atoms with Crippen molar-refractivity contribution < 1.29 is 17.6 Å². The van der Waals surface area contributed by atoms with Gasteiger partial charge in [-0.3, -0.25) is 0 Å². The first-order valence-corrected chi connectivity index (χ1v) is 5.12. The zero-order chi connectivity index (χ0) is 12.0. The summed E-state index contributed by atoms with van der Waals surface area (Å²) < 4.78 is 51.6. The largest absolute Gasteiger partial charge is 0.322 e. The number of benzene rings is 1. The maximum atomic E-state index is 12.9. The SMILES string of the molecule is CC1(CCc2ccccc2)C(F)(F)C1(F)F. The molecule has 4 heteroatoms. The van der Waals surface area contributed by atoms with Crippen molar-refractivity contribution in [2.45, 2.75) is 31.6 Å². The van der Waals surface area contributed by atoms with Crippen molar-refractivity contribution in [3.8, 4) is 0 Å². The minimum absolute atomic E-state index is 0.197. The molecule has 1 aliphatic rings. The second-order valence-corrected chi connectivity index (χ2v) is 4.47. The Hall–Kier alpha value is -1.06. The van der Waals surface area contributed by atoms with Gasteiger partial charge >= 0.3 is 11.8 Å². The van der Waals surface area contributed by atoms with Crippen LogP contribution in [0.3, 0.4) is 0 Å². The van der Waals surface area contributed by atoms with Gasteiger partial charge in [-0.15, -0.1) is 0 Å². The Morgan fingerprint density at radius 2 is 1.44 bits per heavy atom. The highest BCUT2D eigenvalue weighted by Gasteiger charge is 2.93. The highest BCUT2D eigenvalue weighted by molar-refractivity contribution is 5.25. The summed E-state index contributed by atoms with van der Waals surface area (Å²) in [4.78, 5) is 0. The summed E-state index contributed by atoms with van der Waals surface area (Å²) in [6, 6.07) is 8.83. The lowest BCUT2D eigenvalue weighted by molar-refractivity contribution is -0.0278. The van der Waals surface area contributed by atoms with E-state index in [1.807, 2.05) is 0 Å². The normalized spacial score (nSPS) is 24.1. The van der Waals surface area contributed by atoms with Gasteiger partial charge in [0.15, 0.2) is 0 Å². The van der Waals surface area contributed by atoms with Crippen LogP contribution < -0.4 is 0 Å². The monoisotopic (exact) mass is 232 g/mol. The van der Waals surface area contributed by atoms with Crippen molar-refractivity contribution in [1.82, 2.24) is 0 Å². The minimum atomic E-state index is -3.85. The Morgan fingerprint density at radius 1 is 0.938 bits per heavy atom. The highest BCUT2D eigenvalue weighted by Crippen LogP contribution is 2.73. The second-order valence-electron chi connectivity index (χ2n) is 4.47. The average molecular weight is 232 g/mol. The van der Waals surface area contributed by atoms with Gasteiger partial charge in [0.05, 0.1) is 0 Å². The molecule has 88 valence electrons. The van der Waals surface area contributed by atoms with E-state index in [0.29, 0.717) is 0 Å². The van der Waals surface area contributed by atoms with Gasteiger partial charge in [0.25, 0.3) is 0 Å². The molecule has 0 atom stereocenters. The smallest absolute Gasteiger partial charge is 0.199 e. The summed E-state index contributed by atoms with van der Waals surface area (Å²) in [6.07, 6.45) is 0.0551. The van der Waals surface area contributed by atoms with Crippen molar-refractivity contribution >= 4 is 0 Å². The second kappa shape index (κ2) is 3.22. The molecule has 0 N–H and O–H groups in total. The molecule has 1 aromatic carbocycles. The van der Waals surface area contributed by atoms with Crippen LogP contribution in [0.4, 0.5) is 17.6 Å². The Kier molecular flexibility index (Phi) is 2.30. The number of hydrogen-bond acceptors (Lipinski definition) is 0. The molecule has 1 aromatic rings. The Bertz CT molecular complexity index is 369. The van der Waals surface area contributed by atoms with E-state index in [0.717, 1.165) is 12.5 Å². The van der Waals surface area contributed by atoms with Crippen molar-refractivity contribution in [2.75, 3.05) is 0 Å². The number of hydrogen-bond donors (Lipinski definition) is 0. The van der Waals surface area contributed by atoms with Gasteiger partial charge in [-0.25, -0.2) is 0 Å². The fourth-order valence-corrected chi connectivity index (χ4v) is 1.95. The molecule has 0 radical (unpaired) electrons. The Labute approximate surface area is 91.3 Å². The molecule has 0 nitrogen and oxygen atoms in total. The lowest BCUT2D eigenvalue weighted by atomic mass is 9.98. The quantitative estimate of drug-likeness (QED) is 0.693. The first-order chi connectivity index (χ1) is 7.33. The molecule has 0 aromatic heterocycles. The van der Waals surface area contributed by atoms with E-state index in [4.69, 9.17) is 0 Å². The Morgan fingerprint density at radius 3 is 1.88 bits per heavy atom. The lowest BCUT2D eigenvalue weighted by Crippen LogP contribution is -2.08. The molecule has 1 saturated carbocycles. The predicted octanol–water partition coefficient (Wildman–Crippen LogP) is 3.91. The average Bonchev–Trinajstić information content (AvgIpc) is 2.55. The van der Waals surface area contributed by atoms with E-state index in [2.05, 4.69) is 0 Å². The van der Waals surface area contributed by atoms with Gasteiger partial charge in [0.2, 0.25) is 0 Å². The molecular formula is C12H12F4. The predicted molar refractivity (Wildman–Crippen MR) is 52.8 cm³/mol. The van der Waals surface area contributed by atoms with E-state index >= 15 is 0 Å². The zero-order valence-corrected chi connectivity index (χ0v) is 8.81. The van der Waals surface area contributed by atoms with E-state index in [1.54, 1.807) is 30.3 Å². The molecule has 0 spiro atoms. The third-order valence-corrected chi connectivity index (χ3v) is 3.47. The fourth-order valence-electron chi connectivity index (χ4n) is 1.95. The van der Waals surface area contributed by atoms with Gasteiger partial charge in [-0.2, -0.15) is 17.6 Å². The summed E-state index contributed by atoms with van der Waals surface area (Å²) >= 11 is 0. The van der Waals surface area contributed by atoms with Crippen LogP contribution in [0.2, 0.25) is 0 Å². The van der Waals surface area contributed by atoms with E-state index in [1.165, 1.54) is 0 Å². The molecule has 16 heavy (non-hydrogen) atoms. The third-order valence-electron chi connectivity index (χ3n) is 3.47. The highest BCUT2D eigenvalue weighted by atomic mass is 19.3. The molecule has 0 saturated heterocycles. The molecular weight excluding hydrogens is 220 g/mol. The molecule has 0 aliphatic heterocycles. The van der Waals surface area contributed by atoms with E-state index < -0.39 is 17.3 Å². The van der Waals surface area contributed by atoms with Crippen LogP contribution in [-0.2, 0) is 6.42 Å². The fraction of sp³-hybridized carbons (Fsp3) is 0.500. The molecule has 0 amide bonds. The van der Waals surface area contributed by atoms with Gasteiger partial charge in [0.1, 0.15) is 5.41 Å². The van der Waals surface area contributed by atoms with Crippen LogP contribution in [-0.4, -0.2) is 11.8 Å². The molecule has 0 bridgehead atoms. The molecule has 1 fully saturated rings. The van der Waals surface area contributed by atoms with Crippen LogP contribution in [0.25, 0.3) is 0 Å². The van der Waals surface area contributed by atoms with Crippen LogP contribution in [0.5, 0.6) is 0 Å². The van der Waals surface area contributed by atoms with Gasteiger partial charge < -0.3 is 0 Å². The number of rotatable bonds is 3. The van der Waals surface area contributed by atoms with Crippen LogP contribution in [0.1, 0.15) is 18.9 Å². The maximum Gasteiger partial charge on any atom is 0.322 e. The van der Waals surface area contributed by atoms with Gasteiger partial charge in [-0.05, 0) is 25.3 Å². The summed E-state index contributed by atoms with van der Waals surface area (Å²) in [5.74, 6) is -7.70. The number of aryl methyl sites for hydroxylation is 1. The van der Waals surface area contributed by atoms with Gasteiger partial charge in [0, 0.05) is 0 Å². The molecule has 0 heterocycles. The summed E-state index contributed by atoms with van der Waals surface area (Å²) in [5, 5.41) is 0. The topological polar surface area (TPSA) is 0 Å². The zero-order valence-electron chi connectivity index (χ0n) is 8.81. The first kappa shape index (κ1) is 11.4. The van der Waals surface area contributed by atoms with Crippen molar-refractivity contribution in [3.05, 3.63) is 35.9 Å². The van der Waals surface area contributed by atoms with Crippen molar-refractivity contribution in [1.29, 1.82) is 0 Å². The Balaban J connectivity index is 2.03. The number of halogens is 4. The summed E-state index contributed by atoms with van der Waals surface area (Å²) in [7, 11) is 0. The minimum Gasteiger partial charge on any atom is -0.199 e. The van der Waals surface area contributed by atoms with Crippen LogP contribution in [0, 0.1) is 5.41 Å². The summed E-state index contributed by atoms with van der Waals surface area (Å²) in [6.45, 7) is 0.954. The maximum absolute atomic E-state index is 12.9.